The van der Waals surface area contributed by atoms with E-state index in [1.165, 1.54) is 13.1 Å². The van der Waals surface area contributed by atoms with Crippen molar-refractivity contribution in [2.45, 2.75) is 30.9 Å². The molecule has 0 radical (unpaired) electrons. The highest BCUT2D eigenvalue weighted by Gasteiger charge is 2.22. The van der Waals surface area contributed by atoms with Crippen molar-refractivity contribution in [2.24, 2.45) is 5.73 Å². The van der Waals surface area contributed by atoms with E-state index < -0.39 is 16.1 Å². The fourth-order valence-corrected chi connectivity index (χ4v) is 2.92. The van der Waals surface area contributed by atoms with Crippen molar-refractivity contribution in [3.63, 3.8) is 0 Å². The van der Waals surface area contributed by atoms with Gasteiger partial charge in [-0.15, -0.1) is 0 Å². The molecule has 0 aromatic heterocycles. The van der Waals surface area contributed by atoms with Gasteiger partial charge >= 0.3 is 0 Å². The van der Waals surface area contributed by atoms with Gasteiger partial charge < -0.3 is 10.8 Å². The largest absolute Gasteiger partial charge is 0.392 e. The second-order valence-electron chi connectivity index (χ2n) is 4.50. The number of benzene rings is 1. The van der Waals surface area contributed by atoms with Gasteiger partial charge in [0.25, 0.3) is 0 Å². The molecule has 0 bridgehead atoms. The first-order valence-electron chi connectivity index (χ1n) is 5.75. The van der Waals surface area contributed by atoms with E-state index in [-0.39, 0.29) is 17.5 Å². The Morgan fingerprint density at radius 1 is 1.39 bits per heavy atom. The van der Waals surface area contributed by atoms with Crippen molar-refractivity contribution in [2.75, 3.05) is 13.6 Å². The van der Waals surface area contributed by atoms with Crippen LogP contribution in [0.5, 0.6) is 0 Å². The zero-order chi connectivity index (χ0) is 13.9. The topological polar surface area (TPSA) is 83.6 Å². The van der Waals surface area contributed by atoms with Gasteiger partial charge in [-0.05, 0) is 31.5 Å². The summed E-state index contributed by atoms with van der Waals surface area (Å²) in [5.74, 6) is 0. The first-order valence-corrected chi connectivity index (χ1v) is 7.19. The monoisotopic (exact) mass is 272 g/mol. The summed E-state index contributed by atoms with van der Waals surface area (Å²) in [6.07, 6.45) is -0.707. The summed E-state index contributed by atoms with van der Waals surface area (Å²) in [6, 6.07) is 6.33. The minimum atomic E-state index is -3.57. The highest BCUT2D eigenvalue weighted by molar-refractivity contribution is 7.89. The lowest BCUT2D eigenvalue weighted by Crippen LogP contribution is -2.33. The molecule has 0 amide bonds. The summed E-state index contributed by atoms with van der Waals surface area (Å²) in [5.41, 5.74) is 6.50. The summed E-state index contributed by atoms with van der Waals surface area (Å²) >= 11 is 0. The number of sulfonamides is 1. The summed E-state index contributed by atoms with van der Waals surface area (Å²) in [5, 5.41) is 9.25. The van der Waals surface area contributed by atoms with Gasteiger partial charge in [0.1, 0.15) is 0 Å². The quantitative estimate of drug-likeness (QED) is 0.827. The van der Waals surface area contributed by atoms with Crippen LogP contribution in [0.1, 0.15) is 25.5 Å². The molecule has 0 saturated carbocycles. The summed E-state index contributed by atoms with van der Waals surface area (Å²) in [6.45, 7) is 3.40. The van der Waals surface area contributed by atoms with Gasteiger partial charge in [-0.25, -0.2) is 8.42 Å². The van der Waals surface area contributed by atoms with Crippen LogP contribution in [0.2, 0.25) is 0 Å². The highest BCUT2D eigenvalue weighted by atomic mass is 32.2. The van der Waals surface area contributed by atoms with E-state index >= 15 is 0 Å². The number of nitrogens with two attached hydrogens (primary N) is 1. The Morgan fingerprint density at radius 2 is 2.00 bits per heavy atom. The molecule has 0 spiro atoms. The third-order valence-corrected chi connectivity index (χ3v) is 4.43. The molecule has 0 aliphatic rings. The Labute approximate surface area is 108 Å². The SMILES string of the molecule is CC(O)CN(C)S(=O)(=O)c1cccc(C(C)N)c1. The van der Waals surface area contributed by atoms with Crippen LogP contribution in [0, 0.1) is 0 Å². The van der Waals surface area contributed by atoms with Crippen molar-refractivity contribution < 1.29 is 13.5 Å². The number of hydrogen-bond acceptors (Lipinski definition) is 4. The normalized spacial score (nSPS) is 15.7. The van der Waals surface area contributed by atoms with Crippen LogP contribution in [-0.2, 0) is 10.0 Å². The standard InChI is InChI=1S/C12H20N2O3S/c1-9(15)8-14(3)18(16,17)12-6-4-5-11(7-12)10(2)13/h4-7,9-10,15H,8,13H2,1-3H3. The van der Waals surface area contributed by atoms with E-state index in [0.29, 0.717) is 0 Å². The smallest absolute Gasteiger partial charge is 0.242 e. The second-order valence-corrected chi connectivity index (χ2v) is 6.54. The van der Waals surface area contributed by atoms with E-state index in [1.54, 1.807) is 32.0 Å². The van der Waals surface area contributed by atoms with Crippen molar-refractivity contribution in [3.8, 4) is 0 Å². The molecule has 1 aromatic rings. The van der Waals surface area contributed by atoms with E-state index in [9.17, 15) is 13.5 Å². The fraction of sp³-hybridized carbons (Fsp3) is 0.500. The molecule has 1 rings (SSSR count). The van der Waals surface area contributed by atoms with Crippen molar-refractivity contribution >= 4 is 10.0 Å². The van der Waals surface area contributed by atoms with Gasteiger partial charge in [-0.2, -0.15) is 4.31 Å². The molecule has 6 heteroatoms. The van der Waals surface area contributed by atoms with Crippen molar-refractivity contribution in [1.29, 1.82) is 0 Å². The molecule has 1 aromatic carbocycles. The molecule has 2 unspecified atom stereocenters. The molecule has 0 fully saturated rings. The van der Waals surface area contributed by atoms with E-state index in [2.05, 4.69) is 0 Å². The van der Waals surface area contributed by atoms with Crippen LogP contribution in [0.25, 0.3) is 0 Å². The Balaban J connectivity index is 3.08. The second kappa shape index (κ2) is 5.79. The third-order valence-electron chi connectivity index (χ3n) is 2.61. The lowest BCUT2D eigenvalue weighted by atomic mass is 10.1. The van der Waals surface area contributed by atoms with Crippen molar-refractivity contribution in [1.82, 2.24) is 4.31 Å². The molecule has 0 aliphatic heterocycles. The molecule has 2 atom stereocenters. The van der Waals surface area contributed by atoms with Gasteiger partial charge in [-0.1, -0.05) is 12.1 Å². The molecule has 0 aliphatic carbocycles. The lowest BCUT2D eigenvalue weighted by Gasteiger charge is -2.19. The Bertz CT molecular complexity index is 498. The van der Waals surface area contributed by atoms with E-state index in [0.717, 1.165) is 9.87 Å². The molecular weight excluding hydrogens is 252 g/mol. The zero-order valence-electron chi connectivity index (χ0n) is 10.9. The van der Waals surface area contributed by atoms with Gasteiger partial charge in [0.2, 0.25) is 10.0 Å². The predicted octanol–water partition coefficient (Wildman–Crippen LogP) is 0.708. The maximum atomic E-state index is 12.2. The molecular formula is C12H20N2O3S. The molecule has 18 heavy (non-hydrogen) atoms. The third kappa shape index (κ3) is 3.52. The number of rotatable bonds is 5. The number of likely N-dealkylation sites (N-methyl/N-ethyl adjacent to an activating group) is 1. The fourth-order valence-electron chi connectivity index (χ4n) is 1.61. The Morgan fingerprint density at radius 3 is 2.50 bits per heavy atom. The summed E-state index contributed by atoms with van der Waals surface area (Å²) in [4.78, 5) is 0.195. The van der Waals surface area contributed by atoms with Crippen LogP contribution in [-0.4, -0.2) is 37.5 Å². The molecule has 0 heterocycles. The minimum absolute atomic E-state index is 0.0603. The number of aliphatic hydroxyl groups excluding tert-OH is 1. The number of nitrogens with zero attached hydrogens (tertiary/aromatic N) is 1. The summed E-state index contributed by atoms with van der Waals surface area (Å²) < 4.78 is 25.6. The Kier molecular flexibility index (Phi) is 4.86. The average Bonchev–Trinajstić information content (AvgIpc) is 2.28. The predicted molar refractivity (Wildman–Crippen MR) is 70.5 cm³/mol. The summed E-state index contributed by atoms with van der Waals surface area (Å²) in [7, 11) is -2.13. The molecule has 0 saturated heterocycles. The van der Waals surface area contributed by atoms with Gasteiger partial charge in [0, 0.05) is 19.6 Å². The van der Waals surface area contributed by atoms with E-state index in [4.69, 9.17) is 5.73 Å². The average molecular weight is 272 g/mol. The maximum absolute atomic E-state index is 12.2. The first kappa shape index (κ1) is 15.1. The van der Waals surface area contributed by atoms with Gasteiger partial charge in [-0.3, -0.25) is 0 Å². The van der Waals surface area contributed by atoms with Crippen LogP contribution >= 0.6 is 0 Å². The van der Waals surface area contributed by atoms with Crippen LogP contribution < -0.4 is 5.73 Å². The van der Waals surface area contributed by atoms with Crippen LogP contribution in [0.15, 0.2) is 29.2 Å². The van der Waals surface area contributed by atoms with Crippen molar-refractivity contribution in [3.05, 3.63) is 29.8 Å². The van der Waals surface area contributed by atoms with Crippen LogP contribution in [0.3, 0.4) is 0 Å². The zero-order valence-corrected chi connectivity index (χ0v) is 11.7. The lowest BCUT2D eigenvalue weighted by molar-refractivity contribution is 0.171. The molecule has 102 valence electrons. The van der Waals surface area contributed by atoms with Crippen LogP contribution in [0.4, 0.5) is 0 Å². The van der Waals surface area contributed by atoms with Gasteiger partial charge in [0.05, 0.1) is 11.0 Å². The Hall–Kier alpha value is -0.950. The molecule has 3 N–H and O–H groups in total. The number of aliphatic hydroxyl groups is 1. The number of hydrogen-bond donors (Lipinski definition) is 2. The first-order chi connectivity index (χ1) is 8.25. The van der Waals surface area contributed by atoms with Gasteiger partial charge in [0.15, 0.2) is 0 Å². The highest BCUT2D eigenvalue weighted by Crippen LogP contribution is 2.19. The maximum Gasteiger partial charge on any atom is 0.242 e. The molecule has 5 nitrogen and oxygen atoms in total. The van der Waals surface area contributed by atoms with E-state index in [1.807, 2.05) is 0 Å². The minimum Gasteiger partial charge on any atom is -0.392 e.